The molecule has 3 aliphatic carbocycles. The maximum atomic E-state index is 14.1. The molecule has 2 aromatic heterocycles. The van der Waals surface area contributed by atoms with Gasteiger partial charge in [-0.15, -0.1) is 0 Å². The van der Waals surface area contributed by atoms with Crippen molar-refractivity contribution in [3.05, 3.63) is 59.7 Å². The highest BCUT2D eigenvalue weighted by Gasteiger charge is 2.44. The van der Waals surface area contributed by atoms with Gasteiger partial charge in [-0.3, -0.25) is 33.8 Å². The van der Waals surface area contributed by atoms with Gasteiger partial charge >= 0.3 is 6.18 Å². The van der Waals surface area contributed by atoms with E-state index in [1.165, 1.54) is 13.0 Å². The Bertz CT molecular complexity index is 2630. The Hall–Kier alpha value is -6.00. The van der Waals surface area contributed by atoms with Crippen molar-refractivity contribution in [2.45, 2.75) is 197 Å². The Labute approximate surface area is 467 Å². The average Bonchev–Trinajstić information content (AvgIpc) is 3.95. The molecule has 0 bridgehead atoms. The number of fused-ring (bicyclic) bond motifs is 1. The molecule has 22 heteroatoms. The van der Waals surface area contributed by atoms with Gasteiger partial charge in [0.05, 0.1) is 53.9 Å². The number of pyridine rings is 1. The minimum Gasteiger partial charge on any atom is -0.378 e. The highest BCUT2D eigenvalue weighted by atomic mass is 19.4. The van der Waals surface area contributed by atoms with Crippen molar-refractivity contribution < 1.29 is 51.4 Å². The number of aromatic nitrogens is 3. The van der Waals surface area contributed by atoms with Gasteiger partial charge in [0.2, 0.25) is 35.4 Å². The third-order valence-electron chi connectivity index (χ3n) is 16.4. The number of aryl methyl sites for hydroxylation is 1. The van der Waals surface area contributed by atoms with E-state index in [1.54, 1.807) is 35.3 Å². The number of nitrogens with one attached hydrogen (secondary N) is 6. The third-order valence-corrected chi connectivity index (χ3v) is 16.4. The van der Waals surface area contributed by atoms with Gasteiger partial charge in [0.25, 0.3) is 0 Å². The molecule has 6 N–H and O–H groups in total. The fourth-order valence-electron chi connectivity index (χ4n) is 12.5. The van der Waals surface area contributed by atoms with Crippen LogP contribution < -0.4 is 31.9 Å². The van der Waals surface area contributed by atoms with Crippen LogP contribution in [0.2, 0.25) is 0 Å². The van der Waals surface area contributed by atoms with Crippen LogP contribution in [0.25, 0.3) is 10.9 Å². The smallest absolute Gasteiger partial charge is 0.378 e. The zero-order chi connectivity index (χ0) is 57.1. The lowest BCUT2D eigenvalue weighted by molar-refractivity contribution is -0.137. The van der Waals surface area contributed by atoms with Crippen molar-refractivity contribution in [2.24, 2.45) is 11.8 Å². The van der Waals surface area contributed by atoms with Gasteiger partial charge in [-0.1, -0.05) is 6.07 Å². The monoisotopic (exact) mass is 1120 g/mol. The molecule has 8 rings (SSSR count). The van der Waals surface area contributed by atoms with Crippen molar-refractivity contribution in [3.8, 4) is 0 Å². The van der Waals surface area contributed by atoms with Crippen molar-refractivity contribution in [3.63, 3.8) is 0 Å². The van der Waals surface area contributed by atoms with Crippen molar-refractivity contribution in [2.75, 3.05) is 45.2 Å². The van der Waals surface area contributed by atoms with Gasteiger partial charge in [0.1, 0.15) is 17.7 Å². The number of carbonyl (C=O) groups is 6. The van der Waals surface area contributed by atoms with E-state index in [-0.39, 0.29) is 107 Å². The molecule has 6 atom stereocenters. The Balaban J connectivity index is 0.708. The van der Waals surface area contributed by atoms with Crippen LogP contribution in [0.1, 0.15) is 153 Å². The van der Waals surface area contributed by atoms with E-state index in [2.05, 4.69) is 67.6 Å². The predicted octanol–water partition coefficient (Wildman–Crippen LogP) is 6.05. The molecular formula is C58H82F3N11O8. The van der Waals surface area contributed by atoms with Gasteiger partial charge in [-0.2, -0.15) is 13.2 Å². The largest absolute Gasteiger partial charge is 0.416 e. The van der Waals surface area contributed by atoms with E-state index in [9.17, 15) is 41.9 Å². The Morgan fingerprint density at radius 3 is 2.20 bits per heavy atom. The van der Waals surface area contributed by atoms with Crippen molar-refractivity contribution >= 4 is 52.2 Å². The maximum Gasteiger partial charge on any atom is 0.416 e. The fourth-order valence-corrected chi connectivity index (χ4v) is 12.5. The molecule has 0 spiro atoms. The first-order valence-electron chi connectivity index (χ1n) is 28.9. The molecule has 5 fully saturated rings. The number of amides is 6. The first-order chi connectivity index (χ1) is 38.2. The number of benzene rings is 1. The zero-order valence-corrected chi connectivity index (χ0v) is 47.0. The Morgan fingerprint density at radius 1 is 0.800 bits per heavy atom. The van der Waals surface area contributed by atoms with Gasteiger partial charge in [-0.25, -0.2) is 9.97 Å². The number of nitrogens with zero attached hydrogens (tertiary/aromatic N) is 5. The molecule has 3 aromatic rings. The topological polar surface area (TPSA) is 238 Å². The van der Waals surface area contributed by atoms with Crippen LogP contribution in [0.15, 0.2) is 42.7 Å². The Kier molecular flexibility index (Phi) is 20.4. The second kappa shape index (κ2) is 27.2. The van der Waals surface area contributed by atoms with Crippen LogP contribution in [0.5, 0.6) is 0 Å². The molecule has 2 unspecified atom stereocenters. The fraction of sp³-hybridized carbons (Fsp3) is 0.672. The summed E-state index contributed by atoms with van der Waals surface area (Å²) in [5.41, 5.74) is 0.155. The summed E-state index contributed by atoms with van der Waals surface area (Å²) in [4.78, 5) is 94.9. The van der Waals surface area contributed by atoms with Crippen molar-refractivity contribution in [1.29, 1.82) is 0 Å². The number of hydrogen-bond donors (Lipinski definition) is 6. The van der Waals surface area contributed by atoms with Crippen molar-refractivity contribution in [1.82, 2.24) is 51.3 Å². The lowest BCUT2D eigenvalue weighted by Crippen LogP contribution is -2.59. The molecule has 3 saturated carbocycles. The maximum absolute atomic E-state index is 14.1. The molecule has 19 nitrogen and oxygen atoms in total. The number of anilines is 1. The quantitative estimate of drug-likeness (QED) is 0.0629. The number of alkyl halides is 3. The minimum atomic E-state index is -4.61. The molecule has 2 saturated heterocycles. The molecule has 438 valence electrons. The first-order valence-corrected chi connectivity index (χ1v) is 28.9. The second-order valence-corrected chi connectivity index (χ2v) is 23.6. The van der Waals surface area contributed by atoms with Gasteiger partial charge in [0, 0.05) is 101 Å². The van der Waals surface area contributed by atoms with E-state index >= 15 is 0 Å². The van der Waals surface area contributed by atoms with Gasteiger partial charge in [0.15, 0.2) is 0 Å². The summed E-state index contributed by atoms with van der Waals surface area (Å²) in [6, 6.07) is 5.55. The molecule has 5 aliphatic rings. The minimum absolute atomic E-state index is 0.00674. The molecular weight excluding hydrogens is 1040 g/mol. The number of likely N-dealkylation sites (tertiary alicyclic amines) is 2. The van der Waals surface area contributed by atoms with Crippen LogP contribution in [-0.2, 0) is 50.8 Å². The molecule has 4 heterocycles. The van der Waals surface area contributed by atoms with Crippen LogP contribution in [0.4, 0.5) is 19.0 Å². The van der Waals surface area contributed by atoms with E-state index in [0.29, 0.717) is 115 Å². The van der Waals surface area contributed by atoms with E-state index < -0.39 is 23.7 Å². The number of ether oxygens (including phenoxy) is 2. The van der Waals surface area contributed by atoms with E-state index in [0.717, 1.165) is 49.8 Å². The van der Waals surface area contributed by atoms with Crippen LogP contribution in [0, 0.1) is 11.8 Å². The van der Waals surface area contributed by atoms with Crippen LogP contribution >= 0.6 is 0 Å². The number of carbonyl (C=O) groups excluding carboxylic acids is 6. The lowest BCUT2D eigenvalue weighted by atomic mass is 9.84. The molecule has 6 amide bonds. The highest BCUT2D eigenvalue weighted by Crippen LogP contribution is 2.38. The molecule has 0 radical (unpaired) electrons. The van der Waals surface area contributed by atoms with Crippen LogP contribution in [0.3, 0.4) is 0 Å². The Morgan fingerprint density at radius 2 is 1.51 bits per heavy atom. The third kappa shape index (κ3) is 16.3. The summed E-state index contributed by atoms with van der Waals surface area (Å²) in [7, 11) is 1.72. The van der Waals surface area contributed by atoms with Gasteiger partial charge in [-0.05, 0) is 140 Å². The molecule has 80 heavy (non-hydrogen) atoms. The molecule has 2 aliphatic heterocycles. The van der Waals surface area contributed by atoms with Gasteiger partial charge < -0.3 is 51.2 Å². The first kappa shape index (κ1) is 60.1. The summed E-state index contributed by atoms with van der Waals surface area (Å²) in [5, 5.41) is 19.2. The standard InChI is InChI=1S/C58H82F3N11O8/c1-35(73)65-47-32-40(70-57(2,3)4)17-23-48(47)72-28-24-46(56(72)78)68-53-43-31-38(58(59,60)61)14-22-45(43)67-49(69-53)10-7-26-63-54(76)36-12-15-39(16-13-36)66-50(74)11-8-29-79-41-18-20-42(21-19-41)80-30-27-64-55(77)44-33-51(75)71(5)52(44)37-9-6-25-62-34-37/h6,9,14,22,25,31,34,36,39-42,44,46-48,52,70H,7-8,10-13,15-21,23-24,26-30,32-33H2,1-5H3,(H,63,76)(H,64,77)(H,65,73)(H,66,74)(H,67,68,69)/t36?,39?,40-,41?,42?,44?,46+,47-,48+,52?/m1/s1. The van der Waals surface area contributed by atoms with E-state index in [1.807, 2.05) is 6.07 Å². The van der Waals surface area contributed by atoms with E-state index in [4.69, 9.17) is 9.47 Å². The normalized spacial score (nSPS) is 26.6. The number of hydrogen-bond acceptors (Lipinski definition) is 13. The second-order valence-electron chi connectivity index (χ2n) is 23.6. The summed E-state index contributed by atoms with van der Waals surface area (Å²) in [6.07, 6.45) is 9.44. The predicted molar refractivity (Wildman–Crippen MR) is 293 cm³/mol. The summed E-state index contributed by atoms with van der Waals surface area (Å²) >= 11 is 0. The number of rotatable bonds is 22. The SMILES string of the molecule is CC(=O)N[C@@H]1C[C@H](NC(C)(C)C)CC[C@@H]1N1CC[C@H](Nc2nc(CCCNC(=O)C3CCC(NC(=O)CCCOC4CCC(OCCNC(=O)C5CC(=O)N(C)C5c5cccnc5)CC4)CC3)nc3ccc(C(F)(F)F)cc23)C1=O. The number of halogens is 3. The lowest BCUT2D eigenvalue weighted by Gasteiger charge is -2.43. The van der Waals surface area contributed by atoms with Crippen LogP contribution in [-0.4, -0.2) is 148 Å². The average molecular weight is 1120 g/mol. The zero-order valence-electron chi connectivity index (χ0n) is 47.0. The summed E-state index contributed by atoms with van der Waals surface area (Å²) in [6.45, 7) is 9.72. The highest BCUT2D eigenvalue weighted by molar-refractivity contribution is 5.94. The molecule has 1 aromatic carbocycles. The summed E-state index contributed by atoms with van der Waals surface area (Å²) < 4.78 is 54.1. The summed E-state index contributed by atoms with van der Waals surface area (Å²) in [5.74, 6) is -0.885.